The number of nitro groups is 1. The van der Waals surface area contributed by atoms with E-state index in [-0.39, 0.29) is 28.0 Å². The van der Waals surface area contributed by atoms with E-state index >= 15 is 0 Å². The van der Waals surface area contributed by atoms with Gasteiger partial charge in [-0.3, -0.25) is 0 Å². The first-order chi connectivity index (χ1) is 14.7. The average molecular weight is 470 g/mol. The van der Waals surface area contributed by atoms with Crippen LogP contribution in [0.15, 0.2) is 50.9 Å². The Morgan fingerprint density at radius 2 is 2.10 bits per heavy atom. The molecule has 0 bridgehead atoms. The molecule has 164 valence electrons. The van der Waals surface area contributed by atoms with Gasteiger partial charge in [0.2, 0.25) is 0 Å². The minimum atomic E-state index is -4.04. The Hall–Kier alpha value is -3.58. The molecule has 2 aromatic heterocycles. The van der Waals surface area contributed by atoms with Gasteiger partial charge < -0.3 is 24.0 Å². The summed E-state index contributed by atoms with van der Waals surface area (Å²) in [5.41, 5.74) is 0. The second kappa shape index (κ2) is 9.06. The van der Waals surface area contributed by atoms with Crippen LogP contribution in [-0.2, 0) is 16.6 Å². The van der Waals surface area contributed by atoms with Crippen molar-refractivity contribution in [2.45, 2.75) is 11.4 Å². The molecule has 0 aliphatic heterocycles. The molecule has 1 aromatic carbocycles. The fourth-order valence-corrected chi connectivity index (χ4v) is 3.70. The fourth-order valence-electron chi connectivity index (χ4n) is 2.50. The molecule has 31 heavy (non-hydrogen) atoms. The van der Waals surface area contributed by atoms with Crippen molar-refractivity contribution in [2.24, 2.45) is 5.10 Å². The van der Waals surface area contributed by atoms with Crippen molar-refractivity contribution in [3.05, 3.63) is 63.2 Å². The van der Waals surface area contributed by atoms with Crippen molar-refractivity contribution in [2.75, 3.05) is 14.2 Å². The third kappa shape index (κ3) is 5.13. The van der Waals surface area contributed by atoms with Crippen LogP contribution in [0, 0.1) is 10.1 Å². The van der Waals surface area contributed by atoms with Gasteiger partial charge >= 0.3 is 5.82 Å². The smallest absolute Gasteiger partial charge is 0.408 e. The molecule has 0 aliphatic rings. The number of aromatic nitrogens is 2. The standard InChI is InChI=1S/C17H16ClN5O7S/c1-28-11-5-6-15(29-2)16(7-11)31(26,27)21-19-8-12-3-4-13(30-12)9-22-10-14(18)17(20-22)23(24)25/h3-8,10,21H,9H2,1-2H3/b19-8+. The van der Waals surface area contributed by atoms with Crippen LogP contribution in [0.1, 0.15) is 11.5 Å². The van der Waals surface area contributed by atoms with Gasteiger partial charge in [-0.25, -0.2) is 0 Å². The topological polar surface area (TPSA) is 151 Å². The number of hydrogen-bond acceptors (Lipinski definition) is 9. The summed E-state index contributed by atoms with van der Waals surface area (Å²) < 4.78 is 41.9. The monoisotopic (exact) mass is 469 g/mol. The van der Waals surface area contributed by atoms with E-state index < -0.39 is 20.8 Å². The Balaban J connectivity index is 1.70. The van der Waals surface area contributed by atoms with E-state index in [0.29, 0.717) is 11.5 Å². The van der Waals surface area contributed by atoms with Gasteiger partial charge in [0, 0.05) is 6.07 Å². The molecule has 0 unspecified atom stereocenters. The summed E-state index contributed by atoms with van der Waals surface area (Å²) >= 11 is 5.76. The molecule has 0 spiro atoms. The Kier molecular flexibility index (Phi) is 6.46. The molecule has 0 atom stereocenters. The highest BCUT2D eigenvalue weighted by atomic mass is 35.5. The van der Waals surface area contributed by atoms with Crippen molar-refractivity contribution in [3.63, 3.8) is 0 Å². The zero-order chi connectivity index (χ0) is 22.6. The molecular formula is C17H16ClN5O7S. The first-order valence-electron chi connectivity index (χ1n) is 8.46. The normalized spacial score (nSPS) is 11.6. The summed E-state index contributed by atoms with van der Waals surface area (Å²) in [6, 6.07) is 7.45. The summed E-state index contributed by atoms with van der Waals surface area (Å²) in [7, 11) is -1.29. The Labute approximate surface area is 181 Å². The lowest BCUT2D eigenvalue weighted by atomic mass is 10.3. The summed E-state index contributed by atoms with van der Waals surface area (Å²) in [5.74, 6) is 0.629. The second-order valence-electron chi connectivity index (χ2n) is 5.93. The van der Waals surface area contributed by atoms with Crippen LogP contribution in [0.3, 0.4) is 0 Å². The Morgan fingerprint density at radius 3 is 2.74 bits per heavy atom. The van der Waals surface area contributed by atoms with Crippen LogP contribution in [-0.4, -0.2) is 43.6 Å². The lowest BCUT2D eigenvalue weighted by Crippen LogP contribution is -2.19. The van der Waals surface area contributed by atoms with Crippen LogP contribution in [0.4, 0.5) is 5.82 Å². The SMILES string of the molecule is COc1ccc(OC)c(S(=O)(=O)N/N=C/c2ccc(Cn3cc(Cl)c([N+](=O)[O-])n3)o2)c1. The molecule has 0 aliphatic carbocycles. The molecular weight excluding hydrogens is 454 g/mol. The van der Waals surface area contributed by atoms with E-state index in [1.165, 1.54) is 37.2 Å². The van der Waals surface area contributed by atoms with Crippen molar-refractivity contribution in [1.29, 1.82) is 0 Å². The molecule has 0 amide bonds. The van der Waals surface area contributed by atoms with E-state index in [0.717, 1.165) is 6.21 Å². The average Bonchev–Trinajstić information content (AvgIpc) is 3.33. The van der Waals surface area contributed by atoms with E-state index in [9.17, 15) is 18.5 Å². The van der Waals surface area contributed by atoms with Crippen molar-refractivity contribution < 1.29 is 27.2 Å². The van der Waals surface area contributed by atoms with Crippen molar-refractivity contribution >= 4 is 33.7 Å². The molecule has 0 saturated carbocycles. The van der Waals surface area contributed by atoms with Gasteiger partial charge in [0.1, 0.15) is 34.5 Å². The summed E-state index contributed by atoms with van der Waals surface area (Å²) in [5, 5.41) is 18.2. The highest BCUT2D eigenvalue weighted by Gasteiger charge is 2.21. The van der Waals surface area contributed by atoms with Crippen LogP contribution < -0.4 is 14.3 Å². The zero-order valence-electron chi connectivity index (χ0n) is 16.2. The number of methoxy groups -OCH3 is 2. The number of hydrogen-bond donors (Lipinski definition) is 1. The molecule has 3 aromatic rings. The Morgan fingerprint density at radius 1 is 1.32 bits per heavy atom. The number of halogens is 1. The highest BCUT2D eigenvalue weighted by Crippen LogP contribution is 2.28. The van der Waals surface area contributed by atoms with Crippen molar-refractivity contribution in [1.82, 2.24) is 14.6 Å². The molecule has 0 radical (unpaired) electrons. The molecule has 2 heterocycles. The van der Waals surface area contributed by atoms with E-state index in [2.05, 4.69) is 15.0 Å². The van der Waals surface area contributed by atoms with Gasteiger partial charge in [-0.2, -0.15) is 23.0 Å². The number of nitrogens with one attached hydrogen (secondary N) is 1. The largest absolute Gasteiger partial charge is 0.497 e. The third-order valence-electron chi connectivity index (χ3n) is 3.90. The van der Waals surface area contributed by atoms with Crippen LogP contribution in [0.5, 0.6) is 11.5 Å². The Bertz CT molecular complexity index is 1240. The lowest BCUT2D eigenvalue weighted by Gasteiger charge is -2.10. The van der Waals surface area contributed by atoms with E-state index in [1.54, 1.807) is 18.2 Å². The number of nitrogens with zero attached hydrogens (tertiary/aromatic N) is 4. The maximum Gasteiger partial charge on any atom is 0.408 e. The third-order valence-corrected chi connectivity index (χ3v) is 5.41. The molecule has 0 fully saturated rings. The van der Waals surface area contributed by atoms with Crippen molar-refractivity contribution in [3.8, 4) is 11.5 Å². The van der Waals surface area contributed by atoms with Crippen LogP contribution in [0.2, 0.25) is 5.02 Å². The number of furan rings is 1. The van der Waals surface area contributed by atoms with E-state index in [4.69, 9.17) is 25.5 Å². The summed E-state index contributed by atoms with van der Waals surface area (Å²) in [6.07, 6.45) is 2.46. The van der Waals surface area contributed by atoms with Crippen LogP contribution >= 0.6 is 11.6 Å². The molecule has 3 rings (SSSR count). The van der Waals surface area contributed by atoms with Gasteiger partial charge in [0.15, 0.2) is 5.02 Å². The maximum absolute atomic E-state index is 12.5. The first kappa shape index (κ1) is 22.1. The summed E-state index contributed by atoms with van der Waals surface area (Å²) in [4.78, 5) is 12.0. The minimum Gasteiger partial charge on any atom is -0.497 e. The van der Waals surface area contributed by atoms with Gasteiger partial charge in [-0.05, 0) is 29.2 Å². The van der Waals surface area contributed by atoms with Gasteiger partial charge in [-0.1, -0.05) is 11.6 Å². The predicted octanol–water partition coefficient (Wildman–Crippen LogP) is 2.42. The predicted molar refractivity (Wildman–Crippen MR) is 109 cm³/mol. The fraction of sp³-hybridized carbons (Fsp3) is 0.176. The molecule has 1 N–H and O–H groups in total. The minimum absolute atomic E-state index is 0.0775. The molecule has 14 heteroatoms. The van der Waals surface area contributed by atoms with Crippen LogP contribution in [0.25, 0.3) is 0 Å². The molecule has 0 saturated heterocycles. The van der Waals surface area contributed by atoms with E-state index in [1.807, 2.05) is 0 Å². The highest BCUT2D eigenvalue weighted by molar-refractivity contribution is 7.89. The number of sulfonamides is 1. The zero-order valence-corrected chi connectivity index (χ0v) is 17.8. The number of benzene rings is 1. The van der Waals surface area contributed by atoms with Gasteiger partial charge in [0.25, 0.3) is 10.0 Å². The quantitative estimate of drug-likeness (QED) is 0.285. The number of ether oxygens (including phenoxy) is 2. The van der Waals surface area contributed by atoms with Gasteiger partial charge in [0.05, 0.1) is 31.7 Å². The van der Waals surface area contributed by atoms with Gasteiger partial charge in [-0.15, -0.1) is 0 Å². The lowest BCUT2D eigenvalue weighted by molar-refractivity contribution is -0.389. The number of rotatable bonds is 9. The second-order valence-corrected chi connectivity index (χ2v) is 7.97. The maximum atomic E-state index is 12.5. The number of hydrazone groups is 1. The summed E-state index contributed by atoms with van der Waals surface area (Å²) in [6.45, 7) is 0.0775. The first-order valence-corrected chi connectivity index (χ1v) is 10.3. The molecule has 12 nitrogen and oxygen atoms in total.